The molecule has 1 aromatic heterocycles. The van der Waals surface area contributed by atoms with Crippen LogP contribution in [0.5, 0.6) is 0 Å². The lowest BCUT2D eigenvalue weighted by atomic mass is 9.88. The summed E-state index contributed by atoms with van der Waals surface area (Å²) in [7, 11) is 0. The van der Waals surface area contributed by atoms with Gasteiger partial charge in [0.25, 0.3) is 0 Å². The first kappa shape index (κ1) is 15.5. The molecule has 0 aliphatic carbocycles. The van der Waals surface area contributed by atoms with Gasteiger partial charge in [-0.05, 0) is 73.2 Å². The van der Waals surface area contributed by atoms with Crippen LogP contribution < -0.4 is 0 Å². The highest BCUT2D eigenvalue weighted by Gasteiger charge is 2.18. The molecule has 0 aliphatic rings. The summed E-state index contributed by atoms with van der Waals surface area (Å²) in [6.45, 7) is 8.67. The summed E-state index contributed by atoms with van der Waals surface area (Å²) in [5.74, 6) is 0. The molecule has 1 atom stereocenters. The van der Waals surface area contributed by atoms with Crippen LogP contribution in [0.1, 0.15) is 39.4 Å². The molecular weight excluding hydrogens is 282 g/mol. The van der Waals surface area contributed by atoms with Crippen LogP contribution in [0, 0.1) is 33.2 Å². The molecule has 0 bridgehead atoms. The lowest BCUT2D eigenvalue weighted by Crippen LogP contribution is -2.06. The van der Waals surface area contributed by atoms with Crippen LogP contribution in [0.2, 0.25) is 0 Å². The van der Waals surface area contributed by atoms with Gasteiger partial charge < -0.3 is 4.98 Å². The summed E-state index contributed by atoms with van der Waals surface area (Å²) in [5.41, 5.74) is 16.6. The molecule has 3 aromatic rings. The predicted molar refractivity (Wildman–Crippen MR) is 95.3 cm³/mol. The van der Waals surface area contributed by atoms with Gasteiger partial charge >= 0.3 is 0 Å². The van der Waals surface area contributed by atoms with Gasteiger partial charge in [0.1, 0.15) is 6.04 Å². The van der Waals surface area contributed by atoms with Gasteiger partial charge in [0.2, 0.25) is 0 Å². The van der Waals surface area contributed by atoms with E-state index in [2.05, 4.69) is 62.1 Å². The molecule has 23 heavy (non-hydrogen) atoms. The Hall–Kier alpha value is -2.42. The Bertz CT molecular complexity index is 848. The monoisotopic (exact) mass is 305 g/mol. The first-order valence-electron chi connectivity index (χ1n) is 8.01. The van der Waals surface area contributed by atoms with E-state index in [1.807, 2.05) is 12.3 Å². The third-order valence-electron chi connectivity index (χ3n) is 5.06. The second kappa shape index (κ2) is 5.99. The molecule has 3 rings (SSSR count). The van der Waals surface area contributed by atoms with Crippen LogP contribution in [0.25, 0.3) is 10.9 Å². The van der Waals surface area contributed by atoms with Gasteiger partial charge in [-0.2, -0.15) is 5.11 Å². The highest BCUT2D eigenvalue weighted by molar-refractivity contribution is 5.83. The minimum Gasteiger partial charge on any atom is -0.361 e. The van der Waals surface area contributed by atoms with Gasteiger partial charge in [-0.25, -0.2) is 5.53 Å². The van der Waals surface area contributed by atoms with Crippen LogP contribution in [0.15, 0.2) is 41.6 Å². The van der Waals surface area contributed by atoms with Gasteiger partial charge in [0.05, 0.1) is 0 Å². The number of aromatic nitrogens is 1. The molecule has 3 nitrogen and oxygen atoms in total. The van der Waals surface area contributed by atoms with Gasteiger partial charge in [0, 0.05) is 23.5 Å². The Morgan fingerprint density at radius 2 is 1.74 bits per heavy atom. The number of hydrogen-bond acceptors (Lipinski definition) is 2. The van der Waals surface area contributed by atoms with E-state index in [0.29, 0.717) is 0 Å². The SMILES string of the molecule is Cc1cc(C)c(C)c(CC(N=N)c2cccc3[nH]ccc23)c1C. The fraction of sp³-hybridized carbons (Fsp3) is 0.300. The Morgan fingerprint density at radius 1 is 1.04 bits per heavy atom. The molecule has 0 fully saturated rings. The van der Waals surface area contributed by atoms with Crippen molar-refractivity contribution in [2.75, 3.05) is 0 Å². The van der Waals surface area contributed by atoms with Gasteiger partial charge in [-0.15, -0.1) is 0 Å². The smallest absolute Gasteiger partial charge is 0.100 e. The van der Waals surface area contributed by atoms with Crippen molar-refractivity contribution >= 4 is 10.9 Å². The number of aromatic amines is 1. The zero-order valence-corrected chi connectivity index (χ0v) is 14.2. The first-order chi connectivity index (χ1) is 11.0. The number of nitrogens with one attached hydrogen (secondary N) is 2. The van der Waals surface area contributed by atoms with Crippen molar-refractivity contribution in [3.63, 3.8) is 0 Å². The molecule has 2 aromatic carbocycles. The second-order valence-electron chi connectivity index (χ2n) is 6.37. The van der Waals surface area contributed by atoms with E-state index >= 15 is 0 Å². The minimum absolute atomic E-state index is 0.145. The fourth-order valence-corrected chi connectivity index (χ4v) is 3.42. The van der Waals surface area contributed by atoms with Crippen LogP contribution in [0.3, 0.4) is 0 Å². The summed E-state index contributed by atoms with van der Waals surface area (Å²) in [6.07, 6.45) is 2.72. The van der Waals surface area contributed by atoms with E-state index in [-0.39, 0.29) is 6.04 Å². The quantitative estimate of drug-likeness (QED) is 0.580. The number of fused-ring (bicyclic) bond motifs is 1. The van der Waals surface area contributed by atoms with E-state index < -0.39 is 0 Å². The van der Waals surface area contributed by atoms with Crippen molar-refractivity contribution in [2.45, 2.75) is 40.2 Å². The number of aryl methyl sites for hydroxylation is 2. The summed E-state index contributed by atoms with van der Waals surface area (Å²) in [6, 6.07) is 10.4. The van der Waals surface area contributed by atoms with Crippen molar-refractivity contribution in [2.24, 2.45) is 5.11 Å². The van der Waals surface area contributed by atoms with E-state index in [1.165, 1.54) is 27.8 Å². The molecule has 1 heterocycles. The highest BCUT2D eigenvalue weighted by atomic mass is 15.0. The number of nitrogens with zero attached hydrogens (tertiary/aromatic N) is 1. The average Bonchev–Trinajstić information content (AvgIpc) is 3.02. The maximum Gasteiger partial charge on any atom is 0.100 e. The molecule has 0 saturated heterocycles. The van der Waals surface area contributed by atoms with Crippen molar-refractivity contribution in [1.82, 2.24) is 4.98 Å². The Morgan fingerprint density at radius 3 is 2.39 bits per heavy atom. The van der Waals surface area contributed by atoms with E-state index in [9.17, 15) is 0 Å². The largest absolute Gasteiger partial charge is 0.361 e. The Kier molecular flexibility index (Phi) is 4.03. The molecule has 0 radical (unpaired) electrons. The van der Waals surface area contributed by atoms with Crippen LogP contribution in [-0.2, 0) is 6.42 Å². The Balaban J connectivity index is 2.08. The molecule has 2 N–H and O–H groups in total. The Labute approximate surface area is 137 Å². The standard InChI is InChI=1S/C20H23N3/c1-12-10-13(2)15(4)18(14(12)3)11-20(23-21)16-6-5-7-19-17(16)8-9-22-19/h5-10,20-22H,11H2,1-4H3. The fourth-order valence-electron chi connectivity index (χ4n) is 3.42. The highest BCUT2D eigenvalue weighted by Crippen LogP contribution is 2.32. The van der Waals surface area contributed by atoms with Crippen LogP contribution in [-0.4, -0.2) is 4.98 Å². The summed E-state index contributed by atoms with van der Waals surface area (Å²) >= 11 is 0. The maximum absolute atomic E-state index is 7.74. The lowest BCUT2D eigenvalue weighted by Gasteiger charge is -2.19. The number of rotatable bonds is 4. The molecule has 0 amide bonds. The number of hydrogen-bond donors (Lipinski definition) is 2. The molecule has 0 saturated carbocycles. The maximum atomic E-state index is 7.74. The number of H-pyrrole nitrogens is 1. The predicted octanol–water partition coefficient (Wildman–Crippen LogP) is 5.72. The normalized spacial score (nSPS) is 12.5. The summed E-state index contributed by atoms with van der Waals surface area (Å²) in [5, 5.41) is 5.12. The molecular formula is C20H23N3. The summed E-state index contributed by atoms with van der Waals surface area (Å²) < 4.78 is 0. The molecule has 1 unspecified atom stereocenters. The molecule has 0 spiro atoms. The van der Waals surface area contributed by atoms with Crippen molar-refractivity contribution in [3.05, 3.63) is 69.9 Å². The topological polar surface area (TPSA) is 52.0 Å². The van der Waals surface area contributed by atoms with Gasteiger partial charge in [-0.1, -0.05) is 18.2 Å². The third kappa shape index (κ3) is 2.67. The van der Waals surface area contributed by atoms with Crippen molar-refractivity contribution in [1.29, 1.82) is 5.53 Å². The van der Waals surface area contributed by atoms with Gasteiger partial charge in [0.15, 0.2) is 0 Å². The lowest BCUT2D eigenvalue weighted by molar-refractivity contribution is 0.662. The summed E-state index contributed by atoms with van der Waals surface area (Å²) in [4.78, 5) is 3.24. The van der Waals surface area contributed by atoms with E-state index in [0.717, 1.165) is 22.9 Å². The van der Waals surface area contributed by atoms with Crippen molar-refractivity contribution in [3.8, 4) is 0 Å². The average molecular weight is 305 g/mol. The molecule has 3 heteroatoms. The first-order valence-corrected chi connectivity index (χ1v) is 8.01. The van der Waals surface area contributed by atoms with E-state index in [4.69, 9.17) is 5.53 Å². The number of benzene rings is 2. The molecule has 0 aliphatic heterocycles. The third-order valence-corrected chi connectivity index (χ3v) is 5.06. The zero-order chi connectivity index (χ0) is 16.6. The second-order valence-corrected chi connectivity index (χ2v) is 6.37. The van der Waals surface area contributed by atoms with Crippen LogP contribution in [0.4, 0.5) is 0 Å². The van der Waals surface area contributed by atoms with E-state index in [1.54, 1.807) is 0 Å². The minimum atomic E-state index is -0.145. The van der Waals surface area contributed by atoms with Gasteiger partial charge in [-0.3, -0.25) is 0 Å². The molecule has 118 valence electrons. The van der Waals surface area contributed by atoms with Crippen LogP contribution >= 0.6 is 0 Å². The zero-order valence-electron chi connectivity index (χ0n) is 14.2. The van der Waals surface area contributed by atoms with Crippen molar-refractivity contribution < 1.29 is 0 Å².